The number of hydrogen-bond donors (Lipinski definition) is 1. The molecule has 1 aliphatic heterocycles. The maximum atomic E-state index is 12.7. The minimum atomic E-state index is -0.513. The zero-order chi connectivity index (χ0) is 17.8. The first kappa shape index (κ1) is 17.6. The molecule has 0 radical (unpaired) electrons. The molecule has 0 saturated carbocycles. The number of aliphatic hydroxyl groups is 1. The Morgan fingerprint density at radius 1 is 1.28 bits per heavy atom. The summed E-state index contributed by atoms with van der Waals surface area (Å²) < 4.78 is 1.64. The number of aromatic nitrogens is 3. The number of aliphatic hydroxyl groups excluding tert-OH is 1. The highest BCUT2D eigenvalue weighted by molar-refractivity contribution is 5.83. The van der Waals surface area contributed by atoms with Gasteiger partial charge in [-0.15, -0.1) is 5.10 Å². The zero-order valence-corrected chi connectivity index (χ0v) is 14.7. The average Bonchev–Trinajstić information content (AvgIpc) is 3.06. The minimum Gasteiger partial charge on any atom is -0.393 e. The Hall–Kier alpha value is -2.25. The number of hydrogen-bond acceptors (Lipinski definition) is 5. The van der Waals surface area contributed by atoms with Crippen molar-refractivity contribution < 1.29 is 9.90 Å². The van der Waals surface area contributed by atoms with Gasteiger partial charge in [-0.25, -0.2) is 4.68 Å². The van der Waals surface area contributed by atoms with E-state index in [0.717, 1.165) is 37.2 Å². The summed E-state index contributed by atoms with van der Waals surface area (Å²) in [6.07, 6.45) is 3.25. The van der Waals surface area contributed by atoms with E-state index in [1.807, 2.05) is 36.5 Å². The van der Waals surface area contributed by atoms with Crippen LogP contribution in [0.2, 0.25) is 0 Å². The van der Waals surface area contributed by atoms with E-state index in [0.29, 0.717) is 6.54 Å². The fourth-order valence-corrected chi connectivity index (χ4v) is 3.11. The Morgan fingerprint density at radius 3 is 2.60 bits per heavy atom. The van der Waals surface area contributed by atoms with Crippen LogP contribution in [0.5, 0.6) is 0 Å². The number of carbonyl (C=O) groups is 1. The van der Waals surface area contributed by atoms with Crippen molar-refractivity contribution in [1.82, 2.24) is 24.8 Å². The molecule has 1 fully saturated rings. The van der Waals surface area contributed by atoms with Crippen LogP contribution in [0.25, 0.3) is 0 Å². The van der Waals surface area contributed by atoms with Gasteiger partial charge in [0.25, 0.3) is 5.91 Å². The number of amides is 1. The van der Waals surface area contributed by atoms with Gasteiger partial charge < -0.3 is 10.0 Å². The molecule has 2 heterocycles. The van der Waals surface area contributed by atoms with Crippen LogP contribution in [0.15, 0.2) is 36.5 Å². The van der Waals surface area contributed by atoms with Crippen LogP contribution >= 0.6 is 0 Å². The van der Waals surface area contributed by atoms with Crippen molar-refractivity contribution in [1.29, 1.82) is 0 Å². The van der Waals surface area contributed by atoms with E-state index in [1.54, 1.807) is 23.7 Å². The second-order valence-electron chi connectivity index (χ2n) is 6.74. The first-order chi connectivity index (χ1) is 12.0. The van der Waals surface area contributed by atoms with Crippen molar-refractivity contribution in [3.05, 3.63) is 47.8 Å². The van der Waals surface area contributed by atoms with Crippen molar-refractivity contribution in [3.8, 4) is 0 Å². The number of piperidine rings is 1. The third kappa shape index (κ3) is 4.24. The molecule has 7 heteroatoms. The molecule has 1 unspecified atom stereocenters. The minimum absolute atomic E-state index is 0.0382. The van der Waals surface area contributed by atoms with Crippen LogP contribution < -0.4 is 0 Å². The fourth-order valence-electron chi connectivity index (χ4n) is 3.11. The molecule has 2 aromatic rings. The molecule has 0 aliphatic carbocycles. The van der Waals surface area contributed by atoms with E-state index < -0.39 is 6.04 Å². The molecule has 1 N–H and O–H groups in total. The standard InChI is InChI=1S/C18H25N5O2/c1-21(2)18(25)17(14-6-4-3-5-7-14)23-13-15(19-20-23)12-22-10-8-16(24)9-11-22/h3-7,13,16-17,24H,8-12H2,1-2H3. The third-order valence-corrected chi connectivity index (χ3v) is 4.55. The van der Waals surface area contributed by atoms with Gasteiger partial charge in [-0.05, 0) is 18.4 Å². The van der Waals surface area contributed by atoms with Crippen LogP contribution in [0, 0.1) is 0 Å². The molecule has 7 nitrogen and oxygen atoms in total. The summed E-state index contributed by atoms with van der Waals surface area (Å²) >= 11 is 0. The molecule has 3 rings (SSSR count). The summed E-state index contributed by atoms with van der Waals surface area (Å²) in [5, 5.41) is 18.1. The average molecular weight is 343 g/mol. The normalized spacial score (nSPS) is 17.4. The lowest BCUT2D eigenvalue weighted by atomic mass is 10.1. The van der Waals surface area contributed by atoms with Crippen molar-refractivity contribution in [2.75, 3.05) is 27.2 Å². The quantitative estimate of drug-likeness (QED) is 0.874. The van der Waals surface area contributed by atoms with Crippen molar-refractivity contribution >= 4 is 5.91 Å². The summed E-state index contributed by atoms with van der Waals surface area (Å²) in [5.41, 5.74) is 1.72. The van der Waals surface area contributed by atoms with E-state index in [1.165, 1.54) is 0 Å². The second kappa shape index (κ2) is 7.76. The van der Waals surface area contributed by atoms with Crippen molar-refractivity contribution in [2.24, 2.45) is 0 Å². The number of benzene rings is 1. The molecule has 1 atom stereocenters. The van der Waals surface area contributed by atoms with E-state index in [2.05, 4.69) is 15.2 Å². The van der Waals surface area contributed by atoms with E-state index >= 15 is 0 Å². The number of rotatable bonds is 5. The number of likely N-dealkylation sites (tertiary alicyclic amines) is 1. The van der Waals surface area contributed by atoms with Gasteiger partial charge in [0.2, 0.25) is 0 Å². The Labute approximate surface area is 147 Å². The predicted molar refractivity (Wildman–Crippen MR) is 93.8 cm³/mol. The molecule has 1 aliphatic rings. The zero-order valence-electron chi connectivity index (χ0n) is 14.7. The molecule has 0 bridgehead atoms. The van der Waals surface area contributed by atoms with Crippen LogP contribution in [0.1, 0.15) is 30.1 Å². The fraction of sp³-hybridized carbons (Fsp3) is 0.500. The molecular formula is C18H25N5O2. The summed E-state index contributed by atoms with van der Waals surface area (Å²) in [6, 6.07) is 9.11. The van der Waals surface area contributed by atoms with Gasteiger partial charge in [-0.2, -0.15) is 0 Å². The molecule has 0 spiro atoms. The molecule has 1 aromatic carbocycles. The van der Waals surface area contributed by atoms with Gasteiger partial charge in [0, 0.05) is 33.7 Å². The summed E-state index contributed by atoms with van der Waals surface area (Å²) in [7, 11) is 3.49. The lowest BCUT2D eigenvalue weighted by Crippen LogP contribution is -2.35. The van der Waals surface area contributed by atoms with E-state index in [-0.39, 0.29) is 12.0 Å². The summed E-state index contributed by atoms with van der Waals surface area (Å²) in [4.78, 5) is 16.5. The van der Waals surface area contributed by atoms with Gasteiger partial charge in [-0.1, -0.05) is 35.5 Å². The molecular weight excluding hydrogens is 318 g/mol. The smallest absolute Gasteiger partial charge is 0.251 e. The lowest BCUT2D eigenvalue weighted by Gasteiger charge is -2.28. The maximum Gasteiger partial charge on any atom is 0.251 e. The summed E-state index contributed by atoms with van der Waals surface area (Å²) in [6.45, 7) is 2.39. The van der Waals surface area contributed by atoms with Crippen LogP contribution in [-0.4, -0.2) is 69.1 Å². The van der Waals surface area contributed by atoms with Gasteiger partial charge in [-0.3, -0.25) is 9.69 Å². The molecule has 1 saturated heterocycles. The number of carbonyl (C=O) groups excluding carboxylic acids is 1. The lowest BCUT2D eigenvalue weighted by molar-refractivity contribution is -0.131. The van der Waals surface area contributed by atoms with Gasteiger partial charge in [0.15, 0.2) is 6.04 Å². The van der Waals surface area contributed by atoms with Gasteiger partial charge in [0.05, 0.1) is 18.0 Å². The predicted octanol–water partition coefficient (Wildman–Crippen LogP) is 0.912. The monoisotopic (exact) mass is 343 g/mol. The van der Waals surface area contributed by atoms with Crippen LogP contribution in [0.3, 0.4) is 0 Å². The molecule has 134 valence electrons. The largest absolute Gasteiger partial charge is 0.393 e. The summed E-state index contributed by atoms with van der Waals surface area (Å²) in [5.74, 6) is -0.0382. The first-order valence-electron chi connectivity index (χ1n) is 8.62. The molecule has 1 aromatic heterocycles. The highest BCUT2D eigenvalue weighted by atomic mass is 16.3. The third-order valence-electron chi connectivity index (χ3n) is 4.55. The van der Waals surface area contributed by atoms with E-state index in [9.17, 15) is 9.90 Å². The maximum absolute atomic E-state index is 12.7. The Kier molecular flexibility index (Phi) is 5.45. The van der Waals surface area contributed by atoms with Crippen LogP contribution in [-0.2, 0) is 11.3 Å². The van der Waals surface area contributed by atoms with Crippen molar-refractivity contribution in [3.63, 3.8) is 0 Å². The highest BCUT2D eigenvalue weighted by Gasteiger charge is 2.26. The SMILES string of the molecule is CN(C)C(=O)C(c1ccccc1)n1cc(CN2CCC(O)CC2)nn1. The molecule has 25 heavy (non-hydrogen) atoms. The Balaban J connectivity index is 1.78. The topological polar surface area (TPSA) is 74.5 Å². The number of likely N-dealkylation sites (N-methyl/N-ethyl adjacent to an activating group) is 1. The van der Waals surface area contributed by atoms with Gasteiger partial charge in [0.1, 0.15) is 0 Å². The first-order valence-corrected chi connectivity index (χ1v) is 8.62. The Bertz CT molecular complexity index is 693. The number of nitrogens with zero attached hydrogens (tertiary/aromatic N) is 5. The van der Waals surface area contributed by atoms with Crippen LogP contribution in [0.4, 0.5) is 0 Å². The second-order valence-corrected chi connectivity index (χ2v) is 6.74. The van der Waals surface area contributed by atoms with Crippen molar-refractivity contribution in [2.45, 2.75) is 31.5 Å². The van der Waals surface area contributed by atoms with Gasteiger partial charge >= 0.3 is 0 Å². The molecule has 1 amide bonds. The van der Waals surface area contributed by atoms with E-state index in [4.69, 9.17) is 0 Å². The highest BCUT2D eigenvalue weighted by Crippen LogP contribution is 2.20. The Morgan fingerprint density at radius 2 is 1.96 bits per heavy atom.